The van der Waals surface area contributed by atoms with Crippen LogP contribution in [0.3, 0.4) is 0 Å². The summed E-state index contributed by atoms with van der Waals surface area (Å²) < 4.78 is 8.83. The van der Waals surface area contributed by atoms with Gasteiger partial charge in [-0.05, 0) is 16.1 Å². The Hall–Kier alpha value is -1.26. The highest BCUT2D eigenvalue weighted by Gasteiger charge is 2.11. The SMILES string of the molecule is O=c1oc(-c2ccccc2Cl)nn1CC#CI. The third kappa shape index (κ3) is 2.70. The summed E-state index contributed by atoms with van der Waals surface area (Å²) in [5.74, 6) is 2.39. The molecule has 1 heterocycles. The molecule has 0 saturated heterocycles. The largest absolute Gasteiger partial charge is 0.438 e. The lowest BCUT2D eigenvalue weighted by molar-refractivity contribution is 0.499. The molecule has 0 fully saturated rings. The van der Waals surface area contributed by atoms with E-state index in [0.29, 0.717) is 10.6 Å². The molecule has 1 aromatic carbocycles. The fraction of sp³-hybridized carbons (Fsp3) is 0.0909. The van der Waals surface area contributed by atoms with Gasteiger partial charge in [0.1, 0.15) is 6.54 Å². The van der Waals surface area contributed by atoms with E-state index < -0.39 is 5.76 Å². The number of benzene rings is 1. The number of hydrogen-bond donors (Lipinski definition) is 0. The van der Waals surface area contributed by atoms with Gasteiger partial charge in [-0.3, -0.25) is 0 Å². The van der Waals surface area contributed by atoms with Gasteiger partial charge >= 0.3 is 5.76 Å². The van der Waals surface area contributed by atoms with Gasteiger partial charge in [0.05, 0.1) is 10.6 Å². The van der Waals surface area contributed by atoms with Crippen LogP contribution in [0.15, 0.2) is 33.5 Å². The average Bonchev–Trinajstić information content (AvgIpc) is 2.68. The van der Waals surface area contributed by atoms with E-state index in [0.717, 1.165) is 4.68 Å². The molecule has 86 valence electrons. The number of hydrogen-bond acceptors (Lipinski definition) is 3. The fourth-order valence-corrected chi connectivity index (χ4v) is 1.64. The molecule has 0 aliphatic carbocycles. The Morgan fingerprint density at radius 2 is 2.24 bits per heavy atom. The Bertz CT molecular complexity index is 651. The molecule has 4 nitrogen and oxygen atoms in total. The van der Waals surface area contributed by atoms with Crippen LogP contribution < -0.4 is 5.76 Å². The normalized spacial score (nSPS) is 9.76. The molecule has 0 amide bonds. The predicted octanol–water partition coefficient (Wildman–Crippen LogP) is 2.55. The van der Waals surface area contributed by atoms with Gasteiger partial charge in [-0.2, -0.15) is 4.68 Å². The van der Waals surface area contributed by atoms with Crippen LogP contribution in [-0.2, 0) is 6.54 Å². The zero-order valence-corrected chi connectivity index (χ0v) is 11.4. The number of rotatable bonds is 2. The van der Waals surface area contributed by atoms with Crippen LogP contribution in [0, 0.1) is 9.85 Å². The zero-order valence-electron chi connectivity index (χ0n) is 8.48. The van der Waals surface area contributed by atoms with Gasteiger partial charge in [-0.25, -0.2) is 4.79 Å². The van der Waals surface area contributed by atoms with E-state index in [1.54, 1.807) is 24.3 Å². The first-order valence-electron chi connectivity index (χ1n) is 4.63. The van der Waals surface area contributed by atoms with Crippen LogP contribution in [0.1, 0.15) is 0 Å². The second-order valence-corrected chi connectivity index (χ2v) is 4.03. The Morgan fingerprint density at radius 3 is 2.94 bits per heavy atom. The van der Waals surface area contributed by atoms with Crippen molar-refractivity contribution in [1.29, 1.82) is 0 Å². The van der Waals surface area contributed by atoms with Crippen molar-refractivity contribution in [2.45, 2.75) is 6.54 Å². The average molecular weight is 361 g/mol. The first kappa shape index (κ1) is 12.2. The van der Waals surface area contributed by atoms with Crippen molar-refractivity contribution < 1.29 is 4.42 Å². The molecule has 6 heteroatoms. The van der Waals surface area contributed by atoms with Gasteiger partial charge in [0.2, 0.25) is 0 Å². The summed E-state index contributed by atoms with van der Waals surface area (Å²) in [4.78, 5) is 11.5. The molecule has 0 bridgehead atoms. The van der Waals surface area contributed by atoms with Crippen molar-refractivity contribution in [2.24, 2.45) is 0 Å². The summed E-state index contributed by atoms with van der Waals surface area (Å²) in [7, 11) is 0. The van der Waals surface area contributed by atoms with Gasteiger partial charge in [0, 0.05) is 22.6 Å². The summed E-state index contributed by atoms with van der Waals surface area (Å²) in [5, 5.41) is 4.51. The monoisotopic (exact) mass is 360 g/mol. The molecule has 0 aliphatic rings. The molecule has 2 aromatic rings. The maximum Gasteiger partial charge on any atom is 0.438 e. The van der Waals surface area contributed by atoms with Crippen LogP contribution in [0.5, 0.6) is 0 Å². The van der Waals surface area contributed by atoms with Crippen LogP contribution in [0.25, 0.3) is 11.5 Å². The summed E-state index contributed by atoms with van der Waals surface area (Å²) in [6.45, 7) is 0.204. The second-order valence-electron chi connectivity index (χ2n) is 3.08. The zero-order chi connectivity index (χ0) is 12.3. The second kappa shape index (κ2) is 5.38. The molecule has 1 aromatic heterocycles. The van der Waals surface area contributed by atoms with E-state index in [9.17, 15) is 4.79 Å². The van der Waals surface area contributed by atoms with Gasteiger partial charge in [-0.1, -0.05) is 29.7 Å². The molecule has 0 N–H and O–H groups in total. The highest BCUT2D eigenvalue weighted by molar-refractivity contribution is 14.1. The molecule has 0 radical (unpaired) electrons. The summed E-state index contributed by atoms with van der Waals surface area (Å²) in [6, 6.07) is 7.04. The van der Waals surface area contributed by atoms with E-state index in [1.165, 1.54) is 0 Å². The fourth-order valence-electron chi connectivity index (χ4n) is 1.25. The van der Waals surface area contributed by atoms with E-state index in [-0.39, 0.29) is 12.4 Å². The maximum atomic E-state index is 11.5. The van der Waals surface area contributed by atoms with E-state index in [4.69, 9.17) is 16.0 Å². The van der Waals surface area contributed by atoms with Crippen LogP contribution in [0.2, 0.25) is 5.02 Å². The van der Waals surface area contributed by atoms with E-state index in [2.05, 4.69) is 14.9 Å². The van der Waals surface area contributed by atoms with Crippen molar-refractivity contribution in [3.05, 3.63) is 39.8 Å². The summed E-state index contributed by atoms with van der Waals surface area (Å²) in [6.07, 6.45) is 0. The molecular weight excluding hydrogens is 354 g/mol. The molecule has 0 unspecified atom stereocenters. The molecule has 0 aliphatic heterocycles. The lowest BCUT2D eigenvalue weighted by Crippen LogP contribution is -2.14. The standard InChI is InChI=1S/C11H6ClIN2O2/c12-9-5-2-1-4-8(9)10-14-15(7-3-6-13)11(16)17-10/h1-2,4-5H,7H2. The smallest absolute Gasteiger partial charge is 0.388 e. The quantitative estimate of drug-likeness (QED) is 0.611. The minimum Gasteiger partial charge on any atom is -0.388 e. The Balaban J connectivity index is 2.44. The van der Waals surface area contributed by atoms with E-state index >= 15 is 0 Å². The number of halogens is 2. The van der Waals surface area contributed by atoms with Crippen molar-refractivity contribution in [3.8, 4) is 21.3 Å². The van der Waals surface area contributed by atoms with Crippen LogP contribution in [-0.4, -0.2) is 9.78 Å². The minimum absolute atomic E-state index is 0.204. The molecule has 17 heavy (non-hydrogen) atoms. The van der Waals surface area contributed by atoms with Crippen molar-refractivity contribution >= 4 is 34.2 Å². The third-order valence-electron chi connectivity index (χ3n) is 2.01. The lowest BCUT2D eigenvalue weighted by Gasteiger charge is -1.96. The molecule has 0 saturated carbocycles. The van der Waals surface area contributed by atoms with Gasteiger partial charge in [0.15, 0.2) is 0 Å². The molecular formula is C11H6ClIN2O2. The summed E-state index contributed by atoms with van der Waals surface area (Å²) in [5.41, 5.74) is 0.590. The lowest BCUT2D eigenvalue weighted by atomic mass is 10.2. The van der Waals surface area contributed by atoms with Crippen LogP contribution in [0.4, 0.5) is 0 Å². The molecule has 0 atom stereocenters. The number of nitrogens with zero attached hydrogens (tertiary/aromatic N) is 2. The first-order valence-corrected chi connectivity index (χ1v) is 6.09. The molecule has 0 spiro atoms. The Morgan fingerprint density at radius 1 is 1.47 bits per heavy atom. The Kier molecular flexibility index (Phi) is 3.86. The Labute approximate surface area is 116 Å². The van der Waals surface area contributed by atoms with Crippen LogP contribution >= 0.6 is 34.2 Å². The summed E-state index contributed by atoms with van der Waals surface area (Å²) >= 11 is 7.88. The van der Waals surface area contributed by atoms with Gasteiger partial charge in [0.25, 0.3) is 5.89 Å². The van der Waals surface area contributed by atoms with Crippen molar-refractivity contribution in [2.75, 3.05) is 0 Å². The van der Waals surface area contributed by atoms with Crippen molar-refractivity contribution in [1.82, 2.24) is 9.78 Å². The number of aromatic nitrogens is 2. The molecule has 2 rings (SSSR count). The third-order valence-corrected chi connectivity index (χ3v) is 2.72. The first-order chi connectivity index (χ1) is 8.22. The van der Waals surface area contributed by atoms with Crippen molar-refractivity contribution in [3.63, 3.8) is 0 Å². The predicted molar refractivity (Wildman–Crippen MR) is 73.0 cm³/mol. The highest BCUT2D eigenvalue weighted by Crippen LogP contribution is 2.24. The van der Waals surface area contributed by atoms with Gasteiger partial charge < -0.3 is 4.42 Å². The van der Waals surface area contributed by atoms with E-state index in [1.807, 2.05) is 22.6 Å². The highest BCUT2D eigenvalue weighted by atomic mass is 127. The minimum atomic E-state index is -0.543. The van der Waals surface area contributed by atoms with Gasteiger partial charge in [-0.15, -0.1) is 5.10 Å². The maximum absolute atomic E-state index is 11.5. The topological polar surface area (TPSA) is 48.0 Å².